The van der Waals surface area contributed by atoms with E-state index in [1.54, 1.807) is 0 Å². The van der Waals surface area contributed by atoms with Crippen LogP contribution in [0, 0.1) is 0 Å². The van der Waals surface area contributed by atoms with Gasteiger partial charge in [0, 0.05) is 12.5 Å². The van der Waals surface area contributed by atoms with E-state index in [1.807, 2.05) is 0 Å². The van der Waals surface area contributed by atoms with E-state index in [0.29, 0.717) is 6.04 Å². The zero-order valence-electron chi connectivity index (χ0n) is 7.94. The van der Waals surface area contributed by atoms with Crippen molar-refractivity contribution in [2.24, 2.45) is 0 Å². The number of carbonyl (C=O) groups is 1. The fourth-order valence-electron chi connectivity index (χ4n) is 1.71. The molecule has 1 amide bonds. The number of unbranched alkanes of at least 4 members (excludes halogenated alkanes) is 3. The Balaban J connectivity index is 1.97. The van der Waals surface area contributed by atoms with Gasteiger partial charge < -0.3 is 5.32 Å². The molecule has 0 bridgehead atoms. The Morgan fingerprint density at radius 3 is 2.83 bits per heavy atom. The van der Waals surface area contributed by atoms with Crippen molar-refractivity contribution in [2.75, 3.05) is 0 Å². The van der Waals surface area contributed by atoms with Gasteiger partial charge in [0.15, 0.2) is 0 Å². The molecule has 70 valence electrons. The second-order valence-corrected chi connectivity index (χ2v) is 3.65. The lowest BCUT2D eigenvalue weighted by Gasteiger charge is -2.08. The van der Waals surface area contributed by atoms with Gasteiger partial charge in [-0.05, 0) is 12.8 Å². The lowest BCUT2D eigenvalue weighted by molar-refractivity contribution is -0.119. The zero-order chi connectivity index (χ0) is 8.81. The lowest BCUT2D eigenvalue weighted by Crippen LogP contribution is -2.24. The van der Waals surface area contributed by atoms with Crippen LogP contribution in [0.2, 0.25) is 0 Å². The van der Waals surface area contributed by atoms with Crippen LogP contribution >= 0.6 is 0 Å². The highest BCUT2D eigenvalue weighted by Gasteiger charge is 2.19. The third-order valence-electron chi connectivity index (χ3n) is 2.49. The third-order valence-corrected chi connectivity index (χ3v) is 2.49. The molecule has 1 saturated heterocycles. The zero-order valence-corrected chi connectivity index (χ0v) is 7.94. The summed E-state index contributed by atoms with van der Waals surface area (Å²) in [5.41, 5.74) is 0. The Bertz CT molecular complexity index is 145. The summed E-state index contributed by atoms with van der Waals surface area (Å²) in [5.74, 6) is 0.246. The molecule has 0 aromatic heterocycles. The maximum atomic E-state index is 10.8. The number of hydrogen-bond acceptors (Lipinski definition) is 1. The van der Waals surface area contributed by atoms with Gasteiger partial charge in [0.05, 0.1) is 0 Å². The molecule has 1 N–H and O–H groups in total. The molecule has 12 heavy (non-hydrogen) atoms. The molecule has 2 nitrogen and oxygen atoms in total. The molecule has 1 aliphatic rings. The van der Waals surface area contributed by atoms with Gasteiger partial charge in [-0.1, -0.05) is 32.6 Å². The minimum atomic E-state index is 0.246. The summed E-state index contributed by atoms with van der Waals surface area (Å²) in [6.45, 7) is 2.22. The largest absolute Gasteiger partial charge is 0.353 e. The van der Waals surface area contributed by atoms with E-state index in [9.17, 15) is 4.79 Å². The molecular weight excluding hydrogens is 150 g/mol. The van der Waals surface area contributed by atoms with Crippen LogP contribution in [0.3, 0.4) is 0 Å². The molecule has 1 atom stereocenters. The van der Waals surface area contributed by atoms with E-state index in [1.165, 1.54) is 32.1 Å². The van der Waals surface area contributed by atoms with Gasteiger partial charge in [0.25, 0.3) is 0 Å². The molecule has 2 heteroatoms. The smallest absolute Gasteiger partial charge is 0.220 e. The van der Waals surface area contributed by atoms with Gasteiger partial charge >= 0.3 is 0 Å². The van der Waals surface area contributed by atoms with E-state index in [4.69, 9.17) is 0 Å². The van der Waals surface area contributed by atoms with Crippen LogP contribution in [-0.4, -0.2) is 11.9 Å². The summed E-state index contributed by atoms with van der Waals surface area (Å²) in [7, 11) is 0. The summed E-state index contributed by atoms with van der Waals surface area (Å²) < 4.78 is 0. The Morgan fingerprint density at radius 2 is 2.25 bits per heavy atom. The van der Waals surface area contributed by atoms with Crippen molar-refractivity contribution in [1.82, 2.24) is 5.32 Å². The first-order valence-corrected chi connectivity index (χ1v) is 5.12. The minimum absolute atomic E-state index is 0.246. The molecule has 1 rings (SSSR count). The maximum absolute atomic E-state index is 10.8. The third kappa shape index (κ3) is 3.24. The lowest BCUT2D eigenvalue weighted by atomic mass is 10.1. The normalized spacial score (nSPS) is 22.8. The molecule has 0 saturated carbocycles. The second-order valence-electron chi connectivity index (χ2n) is 3.65. The second kappa shape index (κ2) is 5.18. The van der Waals surface area contributed by atoms with Crippen molar-refractivity contribution >= 4 is 5.91 Å². The van der Waals surface area contributed by atoms with E-state index >= 15 is 0 Å². The molecule has 1 heterocycles. The van der Waals surface area contributed by atoms with E-state index < -0.39 is 0 Å². The van der Waals surface area contributed by atoms with Crippen molar-refractivity contribution in [2.45, 2.75) is 57.9 Å². The van der Waals surface area contributed by atoms with Crippen molar-refractivity contribution in [3.8, 4) is 0 Å². The molecule has 0 spiro atoms. The van der Waals surface area contributed by atoms with Gasteiger partial charge in [0.1, 0.15) is 0 Å². The molecule has 1 fully saturated rings. The van der Waals surface area contributed by atoms with Gasteiger partial charge in [-0.15, -0.1) is 0 Å². The highest BCUT2D eigenvalue weighted by atomic mass is 16.1. The highest BCUT2D eigenvalue weighted by Crippen LogP contribution is 2.13. The number of hydrogen-bond donors (Lipinski definition) is 1. The maximum Gasteiger partial charge on any atom is 0.220 e. The van der Waals surface area contributed by atoms with Crippen LogP contribution in [0.25, 0.3) is 0 Å². The van der Waals surface area contributed by atoms with E-state index in [-0.39, 0.29) is 5.91 Å². The number of nitrogens with one attached hydrogen (secondary N) is 1. The topological polar surface area (TPSA) is 29.1 Å². The standard InChI is InChI=1S/C10H19NO/c1-2-3-4-5-6-9-7-8-10(12)11-9/h9H,2-8H2,1H3,(H,11,12). The predicted molar refractivity (Wildman–Crippen MR) is 49.9 cm³/mol. The summed E-state index contributed by atoms with van der Waals surface area (Å²) in [6.07, 6.45) is 8.22. The molecular formula is C10H19NO. The summed E-state index contributed by atoms with van der Waals surface area (Å²) >= 11 is 0. The number of rotatable bonds is 5. The Hall–Kier alpha value is -0.530. The molecule has 1 unspecified atom stereocenters. The van der Waals surface area contributed by atoms with E-state index in [2.05, 4.69) is 12.2 Å². The molecule has 0 aliphatic carbocycles. The van der Waals surface area contributed by atoms with Gasteiger partial charge in [-0.2, -0.15) is 0 Å². The molecule has 0 radical (unpaired) electrons. The first-order valence-electron chi connectivity index (χ1n) is 5.12. The Labute approximate surface area is 74.7 Å². The van der Waals surface area contributed by atoms with Gasteiger partial charge in [-0.3, -0.25) is 4.79 Å². The molecule has 1 aliphatic heterocycles. The summed E-state index contributed by atoms with van der Waals surface area (Å²) in [5, 5.41) is 2.99. The van der Waals surface area contributed by atoms with Crippen LogP contribution in [-0.2, 0) is 4.79 Å². The van der Waals surface area contributed by atoms with E-state index in [0.717, 1.165) is 12.8 Å². The highest BCUT2D eigenvalue weighted by molar-refractivity contribution is 5.78. The fourth-order valence-corrected chi connectivity index (χ4v) is 1.71. The first kappa shape index (κ1) is 9.56. The van der Waals surface area contributed by atoms with Crippen LogP contribution in [0.5, 0.6) is 0 Å². The minimum Gasteiger partial charge on any atom is -0.353 e. The average Bonchev–Trinajstić information content (AvgIpc) is 2.45. The number of amides is 1. The summed E-state index contributed by atoms with van der Waals surface area (Å²) in [6, 6.07) is 0.495. The predicted octanol–water partition coefficient (Wildman–Crippen LogP) is 2.24. The quantitative estimate of drug-likeness (QED) is 0.628. The molecule has 0 aromatic carbocycles. The van der Waals surface area contributed by atoms with Crippen molar-refractivity contribution in [3.63, 3.8) is 0 Å². The number of carbonyl (C=O) groups excluding carboxylic acids is 1. The van der Waals surface area contributed by atoms with Crippen molar-refractivity contribution in [1.29, 1.82) is 0 Å². The molecule has 0 aromatic rings. The van der Waals surface area contributed by atoms with Crippen molar-refractivity contribution < 1.29 is 4.79 Å². The summed E-state index contributed by atoms with van der Waals surface area (Å²) in [4.78, 5) is 10.8. The van der Waals surface area contributed by atoms with Crippen molar-refractivity contribution in [3.05, 3.63) is 0 Å². The van der Waals surface area contributed by atoms with Gasteiger partial charge in [0.2, 0.25) is 5.91 Å². The van der Waals surface area contributed by atoms with Crippen LogP contribution in [0.15, 0.2) is 0 Å². The van der Waals surface area contributed by atoms with Gasteiger partial charge in [-0.25, -0.2) is 0 Å². The van der Waals surface area contributed by atoms with Crippen LogP contribution < -0.4 is 5.32 Å². The monoisotopic (exact) mass is 169 g/mol. The Kier molecular flexibility index (Phi) is 4.12. The average molecular weight is 169 g/mol. The first-order chi connectivity index (χ1) is 5.83. The fraction of sp³-hybridized carbons (Fsp3) is 0.900. The SMILES string of the molecule is CCCCCCC1CCC(=O)N1. The van der Waals surface area contributed by atoms with Crippen LogP contribution in [0.1, 0.15) is 51.9 Å². The van der Waals surface area contributed by atoms with Crippen LogP contribution in [0.4, 0.5) is 0 Å². The Morgan fingerprint density at radius 1 is 1.42 bits per heavy atom.